The Balaban J connectivity index is 1.47. The maximum Gasteiger partial charge on any atom is 0.264 e. The number of nitrogens with zero attached hydrogens (tertiary/aromatic N) is 3. The van der Waals surface area contributed by atoms with Gasteiger partial charge >= 0.3 is 0 Å². The molecule has 0 saturated carbocycles. The zero-order chi connectivity index (χ0) is 22.0. The van der Waals surface area contributed by atoms with Crippen molar-refractivity contribution in [2.75, 3.05) is 50.7 Å². The van der Waals surface area contributed by atoms with E-state index in [0.29, 0.717) is 30.9 Å². The minimum atomic E-state index is -3.67. The predicted molar refractivity (Wildman–Crippen MR) is 120 cm³/mol. The maximum atomic E-state index is 13.3. The van der Waals surface area contributed by atoms with Crippen LogP contribution in [0.1, 0.15) is 17.5 Å². The molecule has 31 heavy (non-hydrogen) atoms. The van der Waals surface area contributed by atoms with Crippen LogP contribution in [-0.2, 0) is 21.2 Å². The predicted octanol–water partition coefficient (Wildman–Crippen LogP) is 2.29. The molecule has 1 saturated heterocycles. The summed E-state index contributed by atoms with van der Waals surface area (Å²) in [6, 6.07) is 12.5. The van der Waals surface area contributed by atoms with Gasteiger partial charge in [-0.1, -0.05) is 18.2 Å². The van der Waals surface area contributed by atoms with Gasteiger partial charge in [0.2, 0.25) is 0 Å². The number of para-hydroxylation sites is 1. The molecule has 2 heterocycles. The van der Waals surface area contributed by atoms with Crippen LogP contribution in [0.5, 0.6) is 5.75 Å². The molecule has 2 aliphatic heterocycles. The average Bonchev–Trinajstić information content (AvgIpc) is 2.78. The van der Waals surface area contributed by atoms with E-state index in [1.54, 1.807) is 25.1 Å². The van der Waals surface area contributed by atoms with Gasteiger partial charge in [-0.05, 0) is 62.2 Å². The van der Waals surface area contributed by atoms with Gasteiger partial charge in [-0.25, -0.2) is 8.42 Å². The van der Waals surface area contributed by atoms with E-state index in [1.807, 2.05) is 36.2 Å². The molecule has 8 heteroatoms. The number of likely N-dealkylation sites (N-methyl/N-ethyl adjacent to an activating group) is 1. The van der Waals surface area contributed by atoms with Crippen molar-refractivity contribution < 1.29 is 17.9 Å². The molecular weight excluding hydrogens is 414 g/mol. The number of carbonyl (C=O) groups excluding carboxylic acids is 1. The van der Waals surface area contributed by atoms with Crippen LogP contribution < -0.4 is 9.04 Å². The molecule has 0 radical (unpaired) electrons. The molecule has 166 valence electrons. The lowest BCUT2D eigenvalue weighted by atomic mass is 10.0. The van der Waals surface area contributed by atoms with E-state index in [2.05, 4.69) is 4.90 Å². The Morgan fingerprint density at radius 1 is 1.03 bits per heavy atom. The number of amides is 1. The fourth-order valence-corrected chi connectivity index (χ4v) is 5.73. The molecule has 2 aromatic rings. The smallest absolute Gasteiger partial charge is 0.264 e. The van der Waals surface area contributed by atoms with E-state index in [9.17, 15) is 13.2 Å². The van der Waals surface area contributed by atoms with Crippen LogP contribution in [0.25, 0.3) is 0 Å². The first-order valence-electron chi connectivity index (χ1n) is 10.7. The number of sulfonamides is 1. The van der Waals surface area contributed by atoms with Crippen molar-refractivity contribution in [1.29, 1.82) is 0 Å². The van der Waals surface area contributed by atoms with Crippen LogP contribution >= 0.6 is 0 Å². The van der Waals surface area contributed by atoms with Gasteiger partial charge < -0.3 is 14.5 Å². The number of rotatable bonds is 5. The number of hydrogen-bond donors (Lipinski definition) is 0. The highest BCUT2D eigenvalue weighted by molar-refractivity contribution is 7.92. The number of anilines is 1. The molecule has 2 aliphatic rings. The first-order chi connectivity index (χ1) is 14.9. The van der Waals surface area contributed by atoms with Gasteiger partial charge in [0.1, 0.15) is 5.75 Å². The summed E-state index contributed by atoms with van der Waals surface area (Å²) in [4.78, 5) is 16.7. The molecular formula is C23H29N3O4S. The monoisotopic (exact) mass is 443 g/mol. The number of hydrogen-bond acceptors (Lipinski definition) is 5. The van der Waals surface area contributed by atoms with Crippen molar-refractivity contribution in [2.45, 2.75) is 24.7 Å². The molecule has 1 amide bonds. The Bertz CT molecular complexity index is 1060. The summed E-state index contributed by atoms with van der Waals surface area (Å²) >= 11 is 0. The lowest BCUT2D eigenvalue weighted by Gasteiger charge is -2.32. The van der Waals surface area contributed by atoms with Crippen LogP contribution in [0, 0.1) is 6.92 Å². The van der Waals surface area contributed by atoms with Crippen molar-refractivity contribution in [3.8, 4) is 5.75 Å². The second-order valence-corrected chi connectivity index (χ2v) is 10.1. The zero-order valence-electron chi connectivity index (χ0n) is 18.1. The molecule has 0 aliphatic carbocycles. The number of ether oxygens (including phenoxy) is 1. The topological polar surface area (TPSA) is 70.2 Å². The van der Waals surface area contributed by atoms with Crippen LogP contribution in [-0.4, -0.2) is 70.5 Å². The van der Waals surface area contributed by atoms with Crippen molar-refractivity contribution in [3.63, 3.8) is 0 Å². The molecule has 0 aromatic heterocycles. The number of carbonyl (C=O) groups is 1. The molecule has 0 bridgehead atoms. The first-order valence-corrected chi connectivity index (χ1v) is 12.1. The molecule has 7 nitrogen and oxygen atoms in total. The Hall–Kier alpha value is -2.58. The van der Waals surface area contributed by atoms with Crippen molar-refractivity contribution >= 4 is 21.6 Å². The van der Waals surface area contributed by atoms with Crippen molar-refractivity contribution in [1.82, 2.24) is 9.80 Å². The summed E-state index contributed by atoms with van der Waals surface area (Å²) in [6.45, 7) is 5.34. The maximum absolute atomic E-state index is 13.3. The third-order valence-corrected chi connectivity index (χ3v) is 7.82. The van der Waals surface area contributed by atoms with Gasteiger partial charge in [0.15, 0.2) is 6.61 Å². The number of fused-ring (bicyclic) bond motifs is 1. The van der Waals surface area contributed by atoms with E-state index in [1.165, 1.54) is 4.31 Å². The highest BCUT2D eigenvalue weighted by atomic mass is 32.2. The van der Waals surface area contributed by atoms with Gasteiger partial charge in [0.25, 0.3) is 15.9 Å². The molecule has 0 unspecified atom stereocenters. The van der Waals surface area contributed by atoms with Gasteiger partial charge in [0.05, 0.1) is 10.6 Å². The van der Waals surface area contributed by atoms with Crippen molar-refractivity contribution in [2.24, 2.45) is 0 Å². The lowest BCUT2D eigenvalue weighted by molar-refractivity contribution is -0.134. The van der Waals surface area contributed by atoms with Crippen molar-refractivity contribution in [3.05, 3.63) is 53.6 Å². The quantitative estimate of drug-likeness (QED) is 0.709. The van der Waals surface area contributed by atoms with E-state index < -0.39 is 10.0 Å². The number of benzene rings is 2. The molecule has 0 atom stereocenters. The molecule has 0 spiro atoms. The third kappa shape index (κ3) is 4.55. The average molecular weight is 444 g/mol. The molecule has 2 aromatic carbocycles. The van der Waals surface area contributed by atoms with Gasteiger partial charge in [-0.15, -0.1) is 0 Å². The van der Waals surface area contributed by atoms with Crippen LogP contribution in [0.15, 0.2) is 47.4 Å². The second-order valence-electron chi connectivity index (χ2n) is 8.21. The van der Waals surface area contributed by atoms with E-state index in [0.717, 1.165) is 37.2 Å². The third-order valence-electron chi connectivity index (χ3n) is 6.01. The SMILES string of the molecule is Cc1cc(S(=O)(=O)N2CCCc3ccccc32)ccc1OCC(=O)N1CCN(C)CC1. The van der Waals surface area contributed by atoms with Gasteiger partial charge in [0, 0.05) is 32.7 Å². The number of aryl methyl sites for hydroxylation is 2. The first kappa shape index (κ1) is 21.6. The summed E-state index contributed by atoms with van der Waals surface area (Å²) in [6.07, 6.45) is 1.68. The zero-order valence-corrected chi connectivity index (χ0v) is 18.9. The lowest BCUT2D eigenvalue weighted by Crippen LogP contribution is -2.48. The summed E-state index contributed by atoms with van der Waals surface area (Å²) in [5.74, 6) is 0.481. The van der Waals surface area contributed by atoms with Crippen LogP contribution in [0.2, 0.25) is 0 Å². The highest BCUT2D eigenvalue weighted by Crippen LogP contribution is 2.33. The van der Waals surface area contributed by atoms with Gasteiger partial charge in [-0.2, -0.15) is 0 Å². The Labute approximate surface area is 184 Å². The van der Waals surface area contributed by atoms with E-state index >= 15 is 0 Å². The fraction of sp³-hybridized carbons (Fsp3) is 0.435. The van der Waals surface area contributed by atoms with E-state index in [4.69, 9.17) is 4.74 Å². The molecule has 4 rings (SSSR count). The minimum Gasteiger partial charge on any atom is -0.483 e. The Kier molecular flexibility index (Phi) is 6.20. The number of piperazine rings is 1. The molecule has 0 N–H and O–H groups in total. The summed E-state index contributed by atoms with van der Waals surface area (Å²) < 4.78 is 33.9. The highest BCUT2D eigenvalue weighted by Gasteiger charge is 2.29. The summed E-state index contributed by atoms with van der Waals surface area (Å²) in [7, 11) is -1.63. The van der Waals surface area contributed by atoms with Gasteiger partial charge in [-0.3, -0.25) is 9.10 Å². The normalized spacial score (nSPS) is 17.4. The summed E-state index contributed by atoms with van der Waals surface area (Å²) in [5, 5.41) is 0. The second kappa shape index (κ2) is 8.88. The minimum absolute atomic E-state index is 0.0455. The molecule has 1 fully saturated rings. The largest absolute Gasteiger partial charge is 0.483 e. The van der Waals surface area contributed by atoms with Crippen LogP contribution in [0.3, 0.4) is 0 Å². The standard InChI is InChI=1S/C23H29N3O4S/c1-18-16-20(31(28,29)26-11-5-7-19-6-3-4-8-21(19)26)9-10-22(18)30-17-23(27)25-14-12-24(2)13-15-25/h3-4,6,8-10,16H,5,7,11-15,17H2,1-2H3. The Morgan fingerprint density at radius 2 is 1.77 bits per heavy atom. The summed E-state index contributed by atoms with van der Waals surface area (Å²) in [5.41, 5.74) is 2.50. The Morgan fingerprint density at radius 3 is 2.52 bits per heavy atom. The fourth-order valence-electron chi connectivity index (χ4n) is 4.11. The van der Waals surface area contributed by atoms with E-state index in [-0.39, 0.29) is 17.4 Å². The van der Waals surface area contributed by atoms with Crippen LogP contribution in [0.4, 0.5) is 5.69 Å².